The molecule has 2 N–H and O–H groups in total. The van der Waals surface area contributed by atoms with Crippen LogP contribution in [0.4, 0.5) is 30.0 Å². The number of nitrogens with zero attached hydrogens (tertiary/aromatic N) is 3. The van der Waals surface area contributed by atoms with Crippen molar-refractivity contribution in [3.8, 4) is 11.8 Å². The number of amides is 1. The van der Waals surface area contributed by atoms with Crippen molar-refractivity contribution < 1.29 is 47.3 Å². The molecule has 0 bridgehead atoms. The number of carboxylic acid groups (broad SMARTS) is 1. The Balaban J connectivity index is 1.77. The number of ether oxygens (including phenoxy) is 1. The lowest BCUT2D eigenvalue weighted by molar-refractivity contribution is -0.140. The van der Waals surface area contributed by atoms with Crippen molar-refractivity contribution >= 4 is 61.1 Å². The van der Waals surface area contributed by atoms with Gasteiger partial charge in [0.15, 0.2) is 15.5 Å². The number of carbonyl (C=O) groups is 2. The smallest absolute Gasteiger partial charge is 0.413 e. The molecule has 10 nitrogen and oxygen atoms in total. The van der Waals surface area contributed by atoms with Gasteiger partial charge < -0.3 is 9.84 Å². The molecular formula is C23H17Cl2F5N4O6S2. The van der Waals surface area contributed by atoms with Gasteiger partial charge in [0.1, 0.15) is 23.4 Å². The Morgan fingerprint density at radius 2 is 1.71 bits per heavy atom. The van der Waals surface area contributed by atoms with E-state index < -0.39 is 76.3 Å². The largest absolute Gasteiger partial charge is 0.481 e. The highest BCUT2D eigenvalue weighted by Gasteiger charge is 2.67. The quantitative estimate of drug-likeness (QED) is 0.243. The van der Waals surface area contributed by atoms with Gasteiger partial charge in [-0.25, -0.2) is 17.9 Å². The molecule has 0 unspecified atom stereocenters. The van der Waals surface area contributed by atoms with Gasteiger partial charge in [0.2, 0.25) is 0 Å². The first-order valence-electron chi connectivity index (χ1n) is 11.3. The number of carboxylic acids is 1. The minimum Gasteiger partial charge on any atom is -0.481 e. The second-order valence-corrected chi connectivity index (χ2v) is 14.4. The minimum absolute atomic E-state index is 0.00314. The highest BCUT2D eigenvalue weighted by Crippen LogP contribution is 3.02. The fraction of sp³-hybridized carbons (Fsp3) is 0.217. The molecule has 2 aromatic carbocycles. The standard InChI is InChI=1S/C23H17Cl2F5N4O6S2/c1-41(38,39)13-4-2-12(3-5-13)11-40-22(37)32-20-17(23(8-9-23)21(35)36)14(10-31)33-34(20)15-6-7-16(19(25)18(15)24)42(26,27,28,29)30/h2-7H,8-9,11H2,1H3,(H,32,37)(H,35,36). The maximum absolute atomic E-state index is 13.5. The Morgan fingerprint density at radius 1 is 1.12 bits per heavy atom. The third kappa shape index (κ3) is 5.98. The molecule has 0 aliphatic heterocycles. The summed E-state index contributed by atoms with van der Waals surface area (Å²) in [6, 6.07) is 7.33. The predicted octanol–water partition coefficient (Wildman–Crippen LogP) is 6.98. The molecule has 0 spiro atoms. The Labute approximate surface area is 244 Å². The molecule has 4 rings (SSSR count). The van der Waals surface area contributed by atoms with Crippen molar-refractivity contribution in [2.24, 2.45) is 0 Å². The first-order chi connectivity index (χ1) is 19.1. The van der Waals surface area contributed by atoms with Crippen LogP contribution < -0.4 is 5.32 Å². The average Bonchev–Trinajstić information content (AvgIpc) is 3.59. The number of hydrogen-bond acceptors (Lipinski definition) is 7. The molecule has 226 valence electrons. The zero-order chi connectivity index (χ0) is 31.5. The summed E-state index contributed by atoms with van der Waals surface area (Å²) in [5.74, 6) is -1.94. The van der Waals surface area contributed by atoms with Crippen LogP contribution >= 0.6 is 33.4 Å². The summed E-state index contributed by atoms with van der Waals surface area (Å²) in [6.07, 6.45) is -0.260. The highest BCUT2D eigenvalue weighted by atomic mass is 35.5. The third-order valence-corrected chi connectivity index (χ3v) is 9.53. The van der Waals surface area contributed by atoms with Crippen LogP contribution in [-0.2, 0) is 31.4 Å². The minimum atomic E-state index is -10.3. The normalized spacial score (nSPS) is 16.1. The molecule has 1 amide bonds. The zero-order valence-electron chi connectivity index (χ0n) is 20.9. The fourth-order valence-electron chi connectivity index (χ4n) is 4.03. The van der Waals surface area contributed by atoms with E-state index in [9.17, 15) is 47.8 Å². The van der Waals surface area contributed by atoms with E-state index in [2.05, 4.69) is 10.4 Å². The van der Waals surface area contributed by atoms with E-state index in [1.54, 1.807) is 6.07 Å². The molecule has 1 aliphatic rings. The lowest BCUT2D eigenvalue weighted by Crippen LogP contribution is -2.24. The van der Waals surface area contributed by atoms with Gasteiger partial charge in [-0.2, -0.15) is 10.4 Å². The van der Waals surface area contributed by atoms with Crippen LogP contribution in [0.2, 0.25) is 10.0 Å². The van der Waals surface area contributed by atoms with E-state index in [1.165, 1.54) is 24.3 Å². The number of sulfone groups is 1. The van der Waals surface area contributed by atoms with Crippen molar-refractivity contribution in [1.82, 2.24) is 9.78 Å². The summed E-state index contributed by atoms with van der Waals surface area (Å²) in [5, 5.41) is 22.9. The van der Waals surface area contributed by atoms with Gasteiger partial charge in [0, 0.05) is 6.26 Å². The van der Waals surface area contributed by atoms with Crippen molar-refractivity contribution in [3.05, 3.63) is 63.3 Å². The lowest BCUT2D eigenvalue weighted by atomic mass is 9.95. The SMILES string of the molecule is CS(=O)(=O)c1ccc(COC(=O)Nc2c(C3(C(=O)O)CC3)c(C#N)nn2-c2ccc(S(F)(F)(F)(F)F)c(Cl)c2Cl)cc1. The van der Waals surface area contributed by atoms with Crippen LogP contribution in [-0.4, -0.2) is 41.6 Å². The summed E-state index contributed by atoms with van der Waals surface area (Å²) in [4.78, 5) is 22.4. The Kier molecular flexibility index (Phi) is 7.06. The van der Waals surface area contributed by atoms with Gasteiger partial charge >= 0.3 is 22.3 Å². The predicted molar refractivity (Wildman–Crippen MR) is 142 cm³/mol. The van der Waals surface area contributed by atoms with Gasteiger partial charge in [-0.3, -0.25) is 10.1 Å². The summed E-state index contributed by atoms with van der Waals surface area (Å²) < 4.78 is 96.3. The number of nitrogens with one attached hydrogen (secondary N) is 1. The van der Waals surface area contributed by atoms with Gasteiger partial charge in [-0.15, -0.1) is 0 Å². The van der Waals surface area contributed by atoms with E-state index in [1.807, 2.05) is 0 Å². The monoisotopic (exact) mass is 674 g/mol. The van der Waals surface area contributed by atoms with Crippen molar-refractivity contribution in [2.45, 2.75) is 34.7 Å². The first kappa shape index (κ1) is 31.3. The van der Waals surface area contributed by atoms with E-state index in [0.717, 1.165) is 6.26 Å². The van der Waals surface area contributed by atoms with E-state index in [4.69, 9.17) is 27.9 Å². The number of halogens is 7. The molecular weight excluding hydrogens is 658 g/mol. The average molecular weight is 675 g/mol. The van der Waals surface area contributed by atoms with Crippen LogP contribution in [0.25, 0.3) is 5.69 Å². The van der Waals surface area contributed by atoms with E-state index in [0.29, 0.717) is 16.3 Å². The van der Waals surface area contributed by atoms with Crippen LogP contribution in [0.3, 0.4) is 0 Å². The number of carbonyl (C=O) groups excluding carboxylic acids is 1. The summed E-state index contributed by atoms with van der Waals surface area (Å²) in [6.45, 7) is -0.417. The summed E-state index contributed by atoms with van der Waals surface area (Å²) >= 11 is 11.6. The topological polar surface area (TPSA) is 151 Å². The number of hydrogen-bond donors (Lipinski definition) is 2. The van der Waals surface area contributed by atoms with Crippen molar-refractivity contribution in [1.29, 1.82) is 5.26 Å². The maximum Gasteiger partial charge on any atom is 0.413 e. The summed E-state index contributed by atoms with van der Waals surface area (Å²) in [7, 11) is -13.8. The van der Waals surface area contributed by atoms with Crippen LogP contribution in [0.5, 0.6) is 0 Å². The number of rotatable bonds is 8. The second kappa shape index (κ2) is 9.46. The molecule has 19 heteroatoms. The fourth-order valence-corrected chi connectivity index (χ4v) is 6.33. The van der Waals surface area contributed by atoms with Crippen molar-refractivity contribution in [3.63, 3.8) is 0 Å². The third-order valence-electron chi connectivity index (χ3n) is 6.24. The number of aliphatic carboxylic acids is 1. The molecule has 3 aromatic rings. The maximum atomic E-state index is 13.5. The lowest BCUT2D eigenvalue weighted by Gasteiger charge is -2.41. The Hall–Kier alpha value is -3.59. The van der Waals surface area contributed by atoms with Crippen molar-refractivity contribution in [2.75, 3.05) is 11.6 Å². The van der Waals surface area contributed by atoms with E-state index >= 15 is 0 Å². The molecule has 1 aliphatic carbocycles. The van der Waals surface area contributed by atoms with Gasteiger partial charge in [0.25, 0.3) is 0 Å². The van der Waals surface area contributed by atoms with Crippen LogP contribution in [0, 0.1) is 11.3 Å². The Morgan fingerprint density at radius 3 is 2.19 bits per heavy atom. The molecule has 42 heavy (non-hydrogen) atoms. The van der Waals surface area contributed by atoms with Gasteiger partial charge in [-0.05, 0) is 42.7 Å². The second-order valence-electron chi connectivity index (χ2n) is 9.28. The molecule has 1 fully saturated rings. The van der Waals surface area contributed by atoms with Gasteiger partial charge in [0.05, 0.1) is 31.6 Å². The molecule has 0 radical (unpaired) electrons. The highest BCUT2D eigenvalue weighted by molar-refractivity contribution is 8.45. The van der Waals surface area contributed by atoms with Gasteiger partial charge in [-0.1, -0.05) is 54.8 Å². The van der Waals surface area contributed by atoms with Crippen LogP contribution in [0.15, 0.2) is 46.2 Å². The molecule has 1 aromatic heterocycles. The number of benzene rings is 2. The number of anilines is 1. The molecule has 0 atom stereocenters. The zero-order valence-corrected chi connectivity index (χ0v) is 24.0. The number of nitriles is 1. The molecule has 1 heterocycles. The summed E-state index contributed by atoms with van der Waals surface area (Å²) in [5.41, 5.74) is -2.84. The van der Waals surface area contributed by atoms with E-state index in [-0.39, 0.29) is 29.4 Å². The Bertz CT molecular complexity index is 1810. The first-order valence-corrected chi connectivity index (χ1v) is 15.9. The van der Waals surface area contributed by atoms with Crippen LogP contribution in [0.1, 0.15) is 29.7 Å². The molecule has 0 saturated heterocycles. The molecule has 1 saturated carbocycles. The number of aromatic nitrogens is 2.